The number of carbonyl (C=O) groups excluding carboxylic acids is 1. The maximum absolute atomic E-state index is 10.6. The lowest BCUT2D eigenvalue weighted by Crippen LogP contribution is -2.01. The smallest absolute Gasteiger partial charge is 0.150 e. The molecule has 0 saturated carbocycles. The highest BCUT2D eigenvalue weighted by Gasteiger charge is 2.12. The number of hydrogen-bond donors (Lipinski definition) is 0. The minimum atomic E-state index is 0.692. The van der Waals surface area contributed by atoms with Gasteiger partial charge in [-0.05, 0) is 26.0 Å². The zero-order valence-corrected chi connectivity index (χ0v) is 12.5. The molecule has 0 radical (unpaired) electrons. The van der Waals surface area contributed by atoms with Gasteiger partial charge in [-0.15, -0.1) is 11.8 Å². The van der Waals surface area contributed by atoms with E-state index >= 15 is 0 Å². The molecule has 100 valence electrons. The summed E-state index contributed by atoms with van der Waals surface area (Å²) in [7, 11) is 0. The number of rotatable bonds is 5. The number of halogens is 1. The van der Waals surface area contributed by atoms with Gasteiger partial charge in [-0.1, -0.05) is 23.7 Å². The van der Waals surface area contributed by atoms with E-state index in [9.17, 15) is 4.79 Å². The number of carbonyl (C=O) groups is 1. The molecule has 5 heteroatoms. The zero-order chi connectivity index (χ0) is 13.8. The number of aromatic nitrogens is 2. The Labute approximate surface area is 122 Å². The van der Waals surface area contributed by atoms with Crippen LogP contribution in [0.5, 0.6) is 0 Å². The Hall–Kier alpha value is -1.26. The van der Waals surface area contributed by atoms with Crippen LogP contribution in [0.1, 0.15) is 28.7 Å². The summed E-state index contributed by atoms with van der Waals surface area (Å²) in [5, 5.41) is 5.14. The van der Waals surface area contributed by atoms with E-state index in [4.69, 9.17) is 11.6 Å². The van der Waals surface area contributed by atoms with Crippen LogP contribution in [0.25, 0.3) is 0 Å². The van der Waals surface area contributed by atoms with E-state index in [2.05, 4.69) is 12.0 Å². The minimum Gasteiger partial charge on any atom is -0.298 e. The van der Waals surface area contributed by atoms with Crippen LogP contribution in [-0.4, -0.2) is 16.1 Å². The second-order valence-electron chi connectivity index (χ2n) is 4.14. The van der Waals surface area contributed by atoms with Crippen LogP contribution in [-0.2, 0) is 12.3 Å². The van der Waals surface area contributed by atoms with Crippen LogP contribution >= 0.6 is 23.4 Å². The first-order valence-electron chi connectivity index (χ1n) is 6.05. The van der Waals surface area contributed by atoms with Crippen molar-refractivity contribution in [3.63, 3.8) is 0 Å². The Morgan fingerprint density at radius 1 is 1.37 bits per heavy atom. The predicted octanol–water partition coefficient (Wildman–Crippen LogP) is 3.97. The molecule has 0 N–H and O–H groups in total. The van der Waals surface area contributed by atoms with E-state index in [-0.39, 0.29) is 0 Å². The third-order valence-electron chi connectivity index (χ3n) is 2.84. The van der Waals surface area contributed by atoms with E-state index < -0.39 is 0 Å². The summed E-state index contributed by atoms with van der Waals surface area (Å²) in [6, 6.07) is 7.53. The molecule has 0 aliphatic rings. The van der Waals surface area contributed by atoms with Crippen molar-refractivity contribution in [3.05, 3.63) is 46.2 Å². The van der Waals surface area contributed by atoms with Crippen molar-refractivity contribution in [3.8, 4) is 0 Å². The molecule has 1 aromatic heterocycles. The minimum absolute atomic E-state index is 0.692. The number of aryl methyl sites for hydroxylation is 2. The number of hydrogen-bond acceptors (Lipinski definition) is 3. The standard InChI is InChI=1S/C14H15ClN2OS/c1-3-17-13(14(15)10(2)16-17)9-19-12-6-4-11(8-18)5-7-12/h4-8H,3,9H2,1-2H3. The summed E-state index contributed by atoms with van der Waals surface area (Å²) in [4.78, 5) is 11.7. The average molecular weight is 295 g/mol. The Morgan fingerprint density at radius 2 is 2.05 bits per heavy atom. The van der Waals surface area contributed by atoms with Gasteiger partial charge in [0.25, 0.3) is 0 Å². The molecule has 0 amide bonds. The van der Waals surface area contributed by atoms with Crippen molar-refractivity contribution in [2.45, 2.75) is 31.0 Å². The molecule has 0 unspecified atom stereocenters. The molecule has 0 saturated heterocycles. The third kappa shape index (κ3) is 3.19. The maximum atomic E-state index is 10.6. The second-order valence-corrected chi connectivity index (χ2v) is 5.56. The lowest BCUT2D eigenvalue weighted by atomic mass is 10.2. The summed E-state index contributed by atoms with van der Waals surface area (Å²) in [6.07, 6.45) is 0.848. The van der Waals surface area contributed by atoms with Crippen molar-refractivity contribution in [1.82, 2.24) is 9.78 Å². The molecule has 2 rings (SSSR count). The van der Waals surface area contributed by atoms with Gasteiger partial charge in [0.2, 0.25) is 0 Å². The van der Waals surface area contributed by atoms with E-state index in [1.807, 2.05) is 35.9 Å². The van der Waals surface area contributed by atoms with Crippen LogP contribution in [0, 0.1) is 6.92 Å². The van der Waals surface area contributed by atoms with Gasteiger partial charge in [-0.2, -0.15) is 5.10 Å². The van der Waals surface area contributed by atoms with Gasteiger partial charge < -0.3 is 0 Å². The largest absolute Gasteiger partial charge is 0.298 e. The van der Waals surface area contributed by atoms with Crippen molar-refractivity contribution in [2.75, 3.05) is 0 Å². The van der Waals surface area contributed by atoms with Gasteiger partial charge in [0, 0.05) is 22.8 Å². The zero-order valence-electron chi connectivity index (χ0n) is 10.9. The van der Waals surface area contributed by atoms with Crippen LogP contribution in [0.15, 0.2) is 29.2 Å². The normalized spacial score (nSPS) is 10.7. The summed E-state index contributed by atoms with van der Waals surface area (Å²) >= 11 is 7.95. The van der Waals surface area contributed by atoms with E-state index in [0.717, 1.165) is 39.9 Å². The summed E-state index contributed by atoms with van der Waals surface area (Å²) < 4.78 is 1.93. The first kappa shape index (κ1) is 14.2. The van der Waals surface area contributed by atoms with Gasteiger partial charge >= 0.3 is 0 Å². The van der Waals surface area contributed by atoms with Gasteiger partial charge in [-0.25, -0.2) is 0 Å². The van der Waals surface area contributed by atoms with Gasteiger partial charge in [0.05, 0.1) is 16.4 Å². The average Bonchev–Trinajstić information content (AvgIpc) is 2.72. The van der Waals surface area contributed by atoms with Crippen LogP contribution < -0.4 is 0 Å². The lowest BCUT2D eigenvalue weighted by molar-refractivity contribution is 0.112. The first-order chi connectivity index (χ1) is 9.15. The molecule has 1 aromatic carbocycles. The van der Waals surface area contributed by atoms with Crippen molar-refractivity contribution < 1.29 is 4.79 Å². The lowest BCUT2D eigenvalue weighted by Gasteiger charge is -2.05. The van der Waals surface area contributed by atoms with Gasteiger partial charge in [0.1, 0.15) is 6.29 Å². The fraction of sp³-hybridized carbons (Fsp3) is 0.286. The van der Waals surface area contributed by atoms with Crippen LogP contribution in [0.3, 0.4) is 0 Å². The fourth-order valence-corrected chi connectivity index (χ4v) is 3.01. The SMILES string of the molecule is CCn1nc(C)c(Cl)c1CSc1ccc(C=O)cc1. The fourth-order valence-electron chi connectivity index (χ4n) is 1.80. The molecule has 2 aromatic rings. The number of aldehydes is 1. The highest BCUT2D eigenvalue weighted by molar-refractivity contribution is 7.98. The number of nitrogens with zero attached hydrogens (tertiary/aromatic N) is 2. The molecule has 0 spiro atoms. The summed E-state index contributed by atoms with van der Waals surface area (Å²) in [5.41, 5.74) is 2.61. The van der Waals surface area contributed by atoms with E-state index in [1.165, 1.54) is 0 Å². The van der Waals surface area contributed by atoms with E-state index in [1.54, 1.807) is 11.8 Å². The molecule has 1 heterocycles. The second kappa shape index (κ2) is 6.26. The van der Waals surface area contributed by atoms with Crippen LogP contribution in [0.4, 0.5) is 0 Å². The molecule has 0 fully saturated rings. The van der Waals surface area contributed by atoms with Crippen LogP contribution in [0.2, 0.25) is 5.02 Å². The number of benzene rings is 1. The number of thioether (sulfide) groups is 1. The molecular formula is C14H15ClN2OS. The van der Waals surface area contributed by atoms with Gasteiger partial charge in [0.15, 0.2) is 0 Å². The Morgan fingerprint density at radius 3 is 2.63 bits per heavy atom. The quantitative estimate of drug-likeness (QED) is 0.618. The molecular weight excluding hydrogens is 280 g/mol. The summed E-state index contributed by atoms with van der Waals surface area (Å²) in [5.74, 6) is 0.772. The Bertz CT molecular complexity index is 578. The molecule has 0 atom stereocenters. The molecule has 0 aliphatic heterocycles. The van der Waals surface area contributed by atoms with E-state index in [0.29, 0.717) is 5.56 Å². The first-order valence-corrected chi connectivity index (χ1v) is 7.42. The highest BCUT2D eigenvalue weighted by atomic mass is 35.5. The molecule has 0 bridgehead atoms. The predicted molar refractivity (Wildman–Crippen MR) is 79.0 cm³/mol. The molecule has 19 heavy (non-hydrogen) atoms. The topological polar surface area (TPSA) is 34.9 Å². The third-order valence-corrected chi connectivity index (χ3v) is 4.36. The molecule has 0 aliphatic carbocycles. The maximum Gasteiger partial charge on any atom is 0.150 e. The molecule has 3 nitrogen and oxygen atoms in total. The Balaban J connectivity index is 2.11. The Kier molecular flexibility index (Phi) is 4.66. The summed E-state index contributed by atoms with van der Waals surface area (Å²) in [6.45, 7) is 4.78. The van der Waals surface area contributed by atoms with Crippen molar-refractivity contribution in [2.24, 2.45) is 0 Å². The highest BCUT2D eigenvalue weighted by Crippen LogP contribution is 2.28. The van der Waals surface area contributed by atoms with Gasteiger partial charge in [-0.3, -0.25) is 9.48 Å². The monoisotopic (exact) mass is 294 g/mol. The van der Waals surface area contributed by atoms with Crippen molar-refractivity contribution >= 4 is 29.6 Å². The van der Waals surface area contributed by atoms with Crippen molar-refractivity contribution in [1.29, 1.82) is 0 Å².